The summed E-state index contributed by atoms with van der Waals surface area (Å²) < 4.78 is 29.0. The third kappa shape index (κ3) is 7.20. The monoisotopic (exact) mass is 697 g/mol. The molecule has 0 saturated carbocycles. The van der Waals surface area contributed by atoms with E-state index in [0.717, 1.165) is 40.0 Å². The number of carbonyl (C=O) groups is 2. The van der Waals surface area contributed by atoms with Crippen molar-refractivity contribution >= 4 is 33.4 Å². The first kappa shape index (κ1) is 35.3. The van der Waals surface area contributed by atoms with Gasteiger partial charge in [-0.15, -0.1) is 0 Å². The summed E-state index contributed by atoms with van der Waals surface area (Å²) in [6, 6.07) is 17.0. The van der Waals surface area contributed by atoms with E-state index in [4.69, 9.17) is 0 Å². The first-order valence-corrected chi connectivity index (χ1v) is 16.3. The topological polar surface area (TPSA) is 128 Å². The molecule has 7 aromatic rings. The normalized spacial score (nSPS) is 11.0. The summed E-state index contributed by atoms with van der Waals surface area (Å²) in [5.74, 6) is -1.91. The van der Waals surface area contributed by atoms with Crippen LogP contribution in [0.5, 0.6) is 0 Å². The van der Waals surface area contributed by atoms with Gasteiger partial charge in [-0.1, -0.05) is 6.07 Å². The average molecular weight is 698 g/mol. The van der Waals surface area contributed by atoms with Crippen molar-refractivity contribution in [2.24, 2.45) is 0 Å². The second-order valence-electron chi connectivity index (χ2n) is 12.6. The van der Waals surface area contributed by atoms with E-state index >= 15 is 0 Å². The number of aromatic nitrogens is 5. The molecular weight excluding hydrogens is 664 g/mol. The van der Waals surface area contributed by atoms with Crippen molar-refractivity contribution in [3.63, 3.8) is 0 Å². The summed E-state index contributed by atoms with van der Waals surface area (Å²) in [4.78, 5) is 66.9. The highest BCUT2D eigenvalue weighted by Crippen LogP contribution is 2.19. The number of benzene rings is 2. The Morgan fingerprint density at radius 2 is 1.29 bits per heavy atom. The summed E-state index contributed by atoms with van der Waals surface area (Å²) >= 11 is 0. The molecule has 0 bridgehead atoms. The predicted molar refractivity (Wildman–Crippen MR) is 195 cm³/mol. The van der Waals surface area contributed by atoms with Crippen molar-refractivity contribution in [1.82, 2.24) is 24.5 Å². The number of nitrogens with one attached hydrogen (secondary N) is 1. The molecule has 0 spiro atoms. The van der Waals surface area contributed by atoms with Gasteiger partial charge < -0.3 is 9.55 Å². The Morgan fingerprint density at radius 1 is 0.712 bits per heavy atom. The molecule has 11 heteroatoms. The molecule has 260 valence electrons. The lowest BCUT2D eigenvalue weighted by Crippen LogP contribution is -2.21. The van der Waals surface area contributed by atoms with Crippen molar-refractivity contribution in [2.45, 2.75) is 41.2 Å². The quantitative estimate of drug-likeness (QED) is 0.185. The maximum absolute atomic E-state index is 13.9. The van der Waals surface area contributed by atoms with Gasteiger partial charge in [0.2, 0.25) is 10.9 Å². The molecule has 0 aliphatic rings. The van der Waals surface area contributed by atoms with E-state index in [1.54, 1.807) is 22.8 Å². The molecule has 9 nitrogen and oxygen atoms in total. The van der Waals surface area contributed by atoms with Gasteiger partial charge in [-0.2, -0.15) is 0 Å². The fourth-order valence-electron chi connectivity index (χ4n) is 5.73. The van der Waals surface area contributed by atoms with E-state index in [2.05, 4.69) is 19.9 Å². The Kier molecular flexibility index (Phi) is 9.78. The van der Waals surface area contributed by atoms with E-state index in [0.29, 0.717) is 28.7 Å². The number of rotatable bonds is 6. The summed E-state index contributed by atoms with van der Waals surface area (Å²) in [5, 5.41) is 0.313. The molecule has 7 rings (SSSR count). The van der Waals surface area contributed by atoms with Crippen LogP contribution in [0.3, 0.4) is 0 Å². The van der Waals surface area contributed by atoms with Gasteiger partial charge in [0.25, 0.3) is 0 Å². The number of ketones is 2. The predicted octanol–water partition coefficient (Wildman–Crippen LogP) is 7.05. The molecule has 0 aliphatic carbocycles. The molecule has 5 heterocycles. The molecular formula is C41H33F2N5O4. The van der Waals surface area contributed by atoms with Gasteiger partial charge >= 0.3 is 0 Å². The highest BCUT2D eigenvalue weighted by molar-refractivity contribution is 6.10. The lowest BCUT2D eigenvalue weighted by atomic mass is 10.0. The van der Waals surface area contributed by atoms with Gasteiger partial charge in [0.1, 0.15) is 11.6 Å². The van der Waals surface area contributed by atoms with Crippen LogP contribution >= 0.6 is 0 Å². The highest BCUT2D eigenvalue weighted by Gasteiger charge is 2.20. The van der Waals surface area contributed by atoms with Gasteiger partial charge in [-0.3, -0.25) is 34.1 Å². The van der Waals surface area contributed by atoms with Crippen LogP contribution in [0.15, 0.2) is 101 Å². The molecule has 0 saturated heterocycles. The van der Waals surface area contributed by atoms with Crippen LogP contribution in [0.1, 0.15) is 65.7 Å². The molecule has 0 aliphatic heterocycles. The smallest absolute Gasteiger partial charge is 0.200 e. The fourth-order valence-corrected chi connectivity index (χ4v) is 5.73. The number of hydrogen-bond donors (Lipinski definition) is 1. The lowest BCUT2D eigenvalue weighted by Gasteiger charge is -2.14. The second-order valence-corrected chi connectivity index (χ2v) is 12.6. The summed E-state index contributed by atoms with van der Waals surface area (Å²) in [7, 11) is 0. The number of aromatic amines is 1. The Hall–Kier alpha value is -6.49. The maximum Gasteiger partial charge on any atom is 0.200 e. The number of carbonyl (C=O) groups excluding carboxylic acids is 2. The van der Waals surface area contributed by atoms with Crippen LogP contribution in [-0.2, 0) is 6.54 Å². The van der Waals surface area contributed by atoms with E-state index in [-0.39, 0.29) is 21.9 Å². The minimum absolute atomic E-state index is 0.0224. The van der Waals surface area contributed by atoms with Crippen LogP contribution in [0.4, 0.5) is 8.78 Å². The molecule has 0 fully saturated rings. The molecule has 1 N–H and O–H groups in total. The SMILES string of the molecule is Cc1cc(C(=O)c2c[nH]c3ccc(F)cc3c2=O)cnc1C.Cc1cccc(Cn2cc(C(=O)c3cnc(C)c(C)c3)c(=O)c3cc(F)ccc32)n1. The first-order valence-electron chi connectivity index (χ1n) is 16.3. The molecule has 0 atom stereocenters. The number of pyridine rings is 5. The summed E-state index contributed by atoms with van der Waals surface area (Å²) in [5.41, 5.74) is 5.66. The number of fused-ring (bicyclic) bond motifs is 2. The summed E-state index contributed by atoms with van der Waals surface area (Å²) in [6.07, 6.45) is 5.80. The van der Waals surface area contributed by atoms with E-state index < -0.39 is 34.1 Å². The Morgan fingerprint density at radius 3 is 1.90 bits per heavy atom. The largest absolute Gasteiger partial charge is 0.360 e. The van der Waals surface area contributed by atoms with Gasteiger partial charge in [0, 0.05) is 69.3 Å². The van der Waals surface area contributed by atoms with E-state index in [1.165, 1.54) is 49.1 Å². The van der Waals surface area contributed by atoms with Crippen molar-refractivity contribution < 1.29 is 18.4 Å². The van der Waals surface area contributed by atoms with E-state index in [1.807, 2.05) is 52.8 Å². The third-order valence-electron chi connectivity index (χ3n) is 8.86. The van der Waals surface area contributed by atoms with Gasteiger partial charge in [0.15, 0.2) is 11.6 Å². The van der Waals surface area contributed by atoms with E-state index in [9.17, 15) is 28.0 Å². The zero-order valence-corrected chi connectivity index (χ0v) is 29.0. The molecule has 2 aromatic carbocycles. The Bertz CT molecular complexity index is 2680. The molecule has 0 amide bonds. The minimum Gasteiger partial charge on any atom is -0.360 e. The second kappa shape index (κ2) is 14.4. The molecule has 0 unspecified atom stereocenters. The van der Waals surface area contributed by atoms with Gasteiger partial charge in [-0.25, -0.2) is 8.78 Å². The van der Waals surface area contributed by atoms with Crippen molar-refractivity contribution in [1.29, 1.82) is 0 Å². The minimum atomic E-state index is -0.530. The number of halogens is 2. The third-order valence-corrected chi connectivity index (χ3v) is 8.86. The van der Waals surface area contributed by atoms with Crippen molar-refractivity contribution in [3.05, 3.63) is 180 Å². The lowest BCUT2D eigenvalue weighted by molar-refractivity contribution is 0.102. The van der Waals surface area contributed by atoms with Crippen molar-refractivity contribution in [2.75, 3.05) is 0 Å². The molecule has 52 heavy (non-hydrogen) atoms. The number of hydrogen-bond acceptors (Lipinski definition) is 7. The maximum atomic E-state index is 13.9. The highest BCUT2D eigenvalue weighted by atomic mass is 19.1. The summed E-state index contributed by atoms with van der Waals surface area (Å²) in [6.45, 7) is 9.63. The standard InChI is InChI=1S/C24H20FN3O2.C17H13FN2O2/c1-14-9-17(11-26-16(14)3)23(29)21-13-28(12-19-6-4-5-15(2)27-19)22-8-7-18(25)10-20(22)24(21)30;1-9-5-11(7-19-10(9)2)16(21)14-8-20-15-4-3-12(18)6-13(15)17(14)22/h4-11,13H,12H2,1-3H3;3-8H,1-2H3,(H,20,22). The van der Waals surface area contributed by atoms with Gasteiger partial charge in [-0.05, 0) is 106 Å². The average Bonchev–Trinajstić information content (AvgIpc) is 3.12. The Labute approximate surface area is 296 Å². The zero-order chi connectivity index (χ0) is 37.3. The van der Waals surface area contributed by atoms with Crippen LogP contribution in [0, 0.1) is 46.3 Å². The number of aryl methyl sites for hydroxylation is 5. The van der Waals surface area contributed by atoms with Crippen LogP contribution < -0.4 is 10.9 Å². The fraction of sp³-hybridized carbons (Fsp3) is 0.146. The van der Waals surface area contributed by atoms with Crippen molar-refractivity contribution in [3.8, 4) is 0 Å². The molecule has 5 aromatic heterocycles. The van der Waals surface area contributed by atoms with Crippen LogP contribution in [0.2, 0.25) is 0 Å². The van der Waals surface area contributed by atoms with Crippen LogP contribution in [0.25, 0.3) is 21.8 Å². The Balaban J connectivity index is 0.000000187. The van der Waals surface area contributed by atoms with Gasteiger partial charge in [0.05, 0.1) is 28.9 Å². The zero-order valence-electron chi connectivity index (χ0n) is 29.0. The molecule has 0 radical (unpaired) electrons. The number of nitrogens with zero attached hydrogens (tertiary/aromatic N) is 4. The van der Waals surface area contributed by atoms with Crippen LogP contribution in [-0.4, -0.2) is 36.1 Å². The first-order chi connectivity index (χ1) is 24.8. The number of H-pyrrole nitrogens is 1.